The van der Waals surface area contributed by atoms with Gasteiger partial charge in [0.15, 0.2) is 0 Å². The van der Waals surface area contributed by atoms with Gasteiger partial charge in [-0.05, 0) is 25.0 Å². The first-order valence-corrected chi connectivity index (χ1v) is 6.25. The SMILES string of the molecule is CCC(O)(CC)CNC(=O)Nc1ccnc(Cl)c1. The van der Waals surface area contributed by atoms with Crippen LogP contribution in [0.4, 0.5) is 10.5 Å². The molecule has 100 valence electrons. The van der Waals surface area contributed by atoms with Gasteiger partial charge in [0, 0.05) is 18.4 Å². The van der Waals surface area contributed by atoms with E-state index in [1.165, 1.54) is 6.20 Å². The minimum atomic E-state index is -0.854. The van der Waals surface area contributed by atoms with Gasteiger partial charge in [-0.25, -0.2) is 9.78 Å². The van der Waals surface area contributed by atoms with Crippen LogP contribution in [-0.4, -0.2) is 28.3 Å². The van der Waals surface area contributed by atoms with Gasteiger partial charge in [-0.1, -0.05) is 25.4 Å². The molecule has 1 rings (SSSR count). The highest BCUT2D eigenvalue weighted by Crippen LogP contribution is 2.14. The molecule has 0 saturated heterocycles. The number of hydrogen-bond acceptors (Lipinski definition) is 3. The third kappa shape index (κ3) is 4.50. The van der Waals surface area contributed by atoms with E-state index in [1.807, 2.05) is 13.8 Å². The van der Waals surface area contributed by atoms with Crippen LogP contribution < -0.4 is 10.6 Å². The molecule has 1 aromatic heterocycles. The molecule has 0 bridgehead atoms. The van der Waals surface area contributed by atoms with E-state index in [1.54, 1.807) is 12.1 Å². The summed E-state index contributed by atoms with van der Waals surface area (Å²) in [6.07, 6.45) is 2.68. The van der Waals surface area contributed by atoms with Crippen molar-refractivity contribution in [1.29, 1.82) is 0 Å². The molecular formula is C12H18ClN3O2. The van der Waals surface area contributed by atoms with Crippen LogP contribution in [0.5, 0.6) is 0 Å². The van der Waals surface area contributed by atoms with E-state index < -0.39 is 5.60 Å². The summed E-state index contributed by atoms with van der Waals surface area (Å²) in [6, 6.07) is 2.81. The Morgan fingerprint density at radius 1 is 1.50 bits per heavy atom. The molecule has 0 radical (unpaired) electrons. The Labute approximate surface area is 112 Å². The summed E-state index contributed by atoms with van der Waals surface area (Å²) in [7, 11) is 0. The number of amides is 2. The number of aromatic nitrogens is 1. The number of carbonyl (C=O) groups excluding carboxylic acids is 1. The Morgan fingerprint density at radius 3 is 2.72 bits per heavy atom. The van der Waals surface area contributed by atoms with Crippen LogP contribution >= 0.6 is 11.6 Å². The van der Waals surface area contributed by atoms with Gasteiger partial charge in [-0.15, -0.1) is 0 Å². The van der Waals surface area contributed by atoms with Crippen LogP contribution in [-0.2, 0) is 0 Å². The molecule has 0 aliphatic carbocycles. The van der Waals surface area contributed by atoms with Crippen molar-refractivity contribution in [2.75, 3.05) is 11.9 Å². The Balaban J connectivity index is 2.47. The number of hydrogen-bond donors (Lipinski definition) is 3. The van der Waals surface area contributed by atoms with Crippen molar-refractivity contribution in [3.8, 4) is 0 Å². The lowest BCUT2D eigenvalue weighted by atomic mass is 9.98. The van der Waals surface area contributed by atoms with Crippen LogP contribution in [0.3, 0.4) is 0 Å². The fraction of sp³-hybridized carbons (Fsp3) is 0.500. The van der Waals surface area contributed by atoms with Gasteiger partial charge in [-0.2, -0.15) is 0 Å². The van der Waals surface area contributed by atoms with Crippen molar-refractivity contribution in [2.24, 2.45) is 0 Å². The lowest BCUT2D eigenvalue weighted by Crippen LogP contribution is -2.43. The molecule has 0 aliphatic heterocycles. The fourth-order valence-corrected chi connectivity index (χ4v) is 1.57. The monoisotopic (exact) mass is 271 g/mol. The van der Waals surface area contributed by atoms with E-state index in [0.717, 1.165) is 0 Å². The standard InChI is InChI=1S/C12H18ClN3O2/c1-3-12(18,4-2)8-15-11(17)16-9-5-6-14-10(13)7-9/h5-7,18H,3-4,8H2,1-2H3,(H2,14,15,16,17). The summed E-state index contributed by atoms with van der Waals surface area (Å²) in [5, 5.41) is 15.6. The second kappa shape index (κ2) is 6.56. The summed E-state index contributed by atoms with van der Waals surface area (Å²) in [5.74, 6) is 0. The predicted molar refractivity (Wildman–Crippen MR) is 71.8 cm³/mol. The number of pyridine rings is 1. The van der Waals surface area contributed by atoms with Crippen molar-refractivity contribution >= 4 is 23.3 Å². The molecule has 0 aliphatic rings. The molecule has 6 heteroatoms. The Hall–Kier alpha value is -1.33. The average Bonchev–Trinajstić information content (AvgIpc) is 2.36. The number of rotatable bonds is 5. The van der Waals surface area contributed by atoms with E-state index in [0.29, 0.717) is 23.7 Å². The fourth-order valence-electron chi connectivity index (χ4n) is 1.40. The minimum absolute atomic E-state index is 0.213. The zero-order valence-corrected chi connectivity index (χ0v) is 11.3. The zero-order valence-electron chi connectivity index (χ0n) is 10.5. The van der Waals surface area contributed by atoms with E-state index in [2.05, 4.69) is 15.6 Å². The quantitative estimate of drug-likeness (QED) is 0.720. The first kappa shape index (κ1) is 14.7. The molecule has 0 spiro atoms. The van der Waals surface area contributed by atoms with Crippen molar-refractivity contribution in [3.05, 3.63) is 23.5 Å². The molecule has 18 heavy (non-hydrogen) atoms. The molecule has 0 unspecified atom stereocenters. The summed E-state index contributed by atoms with van der Waals surface area (Å²) < 4.78 is 0. The maximum absolute atomic E-state index is 11.6. The third-order valence-electron chi connectivity index (χ3n) is 2.88. The maximum Gasteiger partial charge on any atom is 0.319 e. The molecule has 0 atom stereocenters. The summed E-state index contributed by atoms with van der Waals surface area (Å²) >= 11 is 5.70. The first-order valence-electron chi connectivity index (χ1n) is 5.88. The van der Waals surface area contributed by atoms with E-state index in [-0.39, 0.29) is 12.6 Å². The lowest BCUT2D eigenvalue weighted by Gasteiger charge is -2.25. The number of carbonyl (C=O) groups is 1. The van der Waals surface area contributed by atoms with Crippen LogP contribution in [0, 0.1) is 0 Å². The lowest BCUT2D eigenvalue weighted by molar-refractivity contribution is 0.0354. The molecule has 1 heterocycles. The van der Waals surface area contributed by atoms with Crippen LogP contribution in [0.25, 0.3) is 0 Å². The van der Waals surface area contributed by atoms with Gasteiger partial charge in [0.05, 0.1) is 5.60 Å². The number of aliphatic hydroxyl groups is 1. The number of nitrogens with one attached hydrogen (secondary N) is 2. The molecule has 0 saturated carbocycles. The highest BCUT2D eigenvalue weighted by atomic mass is 35.5. The highest BCUT2D eigenvalue weighted by molar-refractivity contribution is 6.29. The van der Waals surface area contributed by atoms with Gasteiger partial charge in [0.2, 0.25) is 0 Å². The molecular weight excluding hydrogens is 254 g/mol. The average molecular weight is 272 g/mol. The normalized spacial score (nSPS) is 11.1. The largest absolute Gasteiger partial charge is 0.388 e. The van der Waals surface area contributed by atoms with Crippen molar-refractivity contribution < 1.29 is 9.90 Å². The highest BCUT2D eigenvalue weighted by Gasteiger charge is 2.22. The number of halogens is 1. The van der Waals surface area contributed by atoms with E-state index in [9.17, 15) is 9.90 Å². The van der Waals surface area contributed by atoms with Crippen LogP contribution in [0.1, 0.15) is 26.7 Å². The van der Waals surface area contributed by atoms with Crippen LogP contribution in [0.15, 0.2) is 18.3 Å². The molecule has 2 amide bonds. The Kier molecular flexibility index (Phi) is 5.37. The van der Waals surface area contributed by atoms with E-state index >= 15 is 0 Å². The summed E-state index contributed by atoms with van der Waals surface area (Å²) in [4.78, 5) is 15.4. The predicted octanol–water partition coefficient (Wildman–Crippen LogP) is 2.41. The second-order valence-corrected chi connectivity index (χ2v) is 4.49. The van der Waals surface area contributed by atoms with Gasteiger partial charge in [0.1, 0.15) is 5.15 Å². The second-order valence-electron chi connectivity index (χ2n) is 4.11. The smallest absolute Gasteiger partial charge is 0.319 e. The molecule has 3 N–H and O–H groups in total. The van der Waals surface area contributed by atoms with Crippen LogP contribution in [0.2, 0.25) is 5.15 Å². The van der Waals surface area contributed by atoms with Gasteiger partial charge >= 0.3 is 6.03 Å². The Morgan fingerprint density at radius 2 is 2.17 bits per heavy atom. The first-order chi connectivity index (χ1) is 8.49. The van der Waals surface area contributed by atoms with Crippen molar-refractivity contribution in [2.45, 2.75) is 32.3 Å². The third-order valence-corrected chi connectivity index (χ3v) is 3.09. The summed E-state index contributed by atoms with van der Waals surface area (Å²) in [5.41, 5.74) is -0.295. The van der Waals surface area contributed by atoms with Crippen molar-refractivity contribution in [3.63, 3.8) is 0 Å². The van der Waals surface area contributed by atoms with Gasteiger partial charge in [-0.3, -0.25) is 0 Å². The molecule has 5 nitrogen and oxygen atoms in total. The minimum Gasteiger partial charge on any atom is -0.388 e. The van der Waals surface area contributed by atoms with Gasteiger partial charge in [0.25, 0.3) is 0 Å². The Bertz CT molecular complexity index is 408. The maximum atomic E-state index is 11.6. The summed E-state index contributed by atoms with van der Waals surface area (Å²) in [6.45, 7) is 3.97. The molecule has 1 aromatic rings. The van der Waals surface area contributed by atoms with Crippen molar-refractivity contribution in [1.82, 2.24) is 10.3 Å². The van der Waals surface area contributed by atoms with E-state index in [4.69, 9.17) is 11.6 Å². The topological polar surface area (TPSA) is 74.2 Å². The molecule has 0 fully saturated rings. The number of anilines is 1. The number of urea groups is 1. The zero-order chi connectivity index (χ0) is 13.6. The van der Waals surface area contributed by atoms with Gasteiger partial charge < -0.3 is 15.7 Å². The number of nitrogens with zero attached hydrogens (tertiary/aromatic N) is 1. The molecule has 0 aromatic carbocycles.